The fourth-order valence-corrected chi connectivity index (χ4v) is 6.53. The molecule has 2 saturated heterocycles. The van der Waals surface area contributed by atoms with Crippen molar-refractivity contribution < 1.29 is 36.2 Å². The van der Waals surface area contributed by atoms with Crippen LogP contribution in [0.2, 0.25) is 0 Å². The Labute approximate surface area is 186 Å². The fraction of sp³-hybridized carbons (Fsp3) is 0.421. The van der Waals surface area contributed by atoms with E-state index >= 15 is 0 Å². The monoisotopic (exact) mass is 491 g/mol. The van der Waals surface area contributed by atoms with Crippen molar-refractivity contribution in [3.05, 3.63) is 54.6 Å². The minimum absolute atomic E-state index is 0.00180. The Kier molecular flexibility index (Phi) is 7.43. The van der Waals surface area contributed by atoms with Crippen LogP contribution in [0.25, 0.3) is 0 Å². The minimum atomic E-state index is -5.08. The van der Waals surface area contributed by atoms with Crippen LogP contribution in [0.15, 0.2) is 53.9 Å². The zero-order chi connectivity index (χ0) is 23.4. The van der Waals surface area contributed by atoms with Crippen LogP contribution in [0.5, 0.6) is 0 Å². The molecule has 0 aromatic carbocycles. The summed E-state index contributed by atoms with van der Waals surface area (Å²) in [4.78, 5) is 17.1. The molecule has 174 valence electrons. The Morgan fingerprint density at radius 3 is 2.44 bits per heavy atom. The number of carboxylic acid groups (broad SMARTS) is 1. The number of nitrogens with zero attached hydrogens (tertiary/aromatic N) is 3. The van der Waals surface area contributed by atoms with E-state index in [1.807, 2.05) is 23.9 Å². The maximum atomic E-state index is 12.6. The average molecular weight is 492 g/mol. The lowest BCUT2D eigenvalue weighted by Gasteiger charge is -2.46. The molecule has 13 heteroatoms. The van der Waals surface area contributed by atoms with Gasteiger partial charge in [0, 0.05) is 48.4 Å². The topological polar surface area (TPSA) is 110 Å². The van der Waals surface area contributed by atoms with E-state index in [2.05, 4.69) is 9.97 Å². The molecule has 4 rings (SSSR count). The number of carboxylic acids is 1. The smallest absolute Gasteiger partial charge is 0.475 e. The first-order chi connectivity index (χ1) is 15.0. The quantitative estimate of drug-likeness (QED) is 0.680. The average Bonchev–Trinajstić information content (AvgIpc) is 3.17. The van der Waals surface area contributed by atoms with Crippen molar-refractivity contribution in [2.24, 2.45) is 0 Å². The maximum absolute atomic E-state index is 12.6. The molecular formula is C19H20F3N3O5S2. The third-order valence-electron chi connectivity index (χ3n) is 4.85. The molecule has 1 N–H and O–H groups in total. The molecule has 2 aliphatic rings. The van der Waals surface area contributed by atoms with Crippen LogP contribution in [0, 0.1) is 0 Å². The zero-order valence-electron chi connectivity index (χ0n) is 16.6. The summed E-state index contributed by atoms with van der Waals surface area (Å²) in [5, 5.41) is 7.12. The third-order valence-corrected chi connectivity index (χ3v) is 8.20. The number of carbonyl (C=O) groups is 1. The van der Waals surface area contributed by atoms with Crippen LogP contribution >= 0.6 is 11.8 Å². The number of pyridine rings is 2. The van der Waals surface area contributed by atoms with E-state index in [9.17, 15) is 21.6 Å². The van der Waals surface area contributed by atoms with Gasteiger partial charge in [0.15, 0.2) is 0 Å². The van der Waals surface area contributed by atoms with Gasteiger partial charge in [-0.3, -0.25) is 9.97 Å². The molecule has 0 saturated carbocycles. The molecule has 8 nitrogen and oxygen atoms in total. The predicted octanol–water partition coefficient (Wildman–Crippen LogP) is 2.58. The summed E-state index contributed by atoms with van der Waals surface area (Å²) < 4.78 is 64.4. The summed E-state index contributed by atoms with van der Waals surface area (Å²) in [6.45, 7) is 1.66. The van der Waals surface area contributed by atoms with Crippen molar-refractivity contribution in [1.29, 1.82) is 0 Å². The number of rotatable bonds is 5. The molecular weight excluding hydrogens is 471 g/mol. The Morgan fingerprint density at radius 2 is 1.88 bits per heavy atom. The number of hydrogen-bond acceptors (Lipinski definition) is 7. The largest absolute Gasteiger partial charge is 0.490 e. The Hall–Kier alpha value is -2.22. The van der Waals surface area contributed by atoms with Gasteiger partial charge >= 0.3 is 12.1 Å². The fourth-order valence-electron chi connectivity index (χ4n) is 3.24. The molecule has 1 unspecified atom stereocenters. The van der Waals surface area contributed by atoms with Crippen molar-refractivity contribution in [3.8, 4) is 0 Å². The summed E-state index contributed by atoms with van der Waals surface area (Å²) in [5.74, 6) is -1.85. The van der Waals surface area contributed by atoms with E-state index in [4.69, 9.17) is 14.6 Å². The van der Waals surface area contributed by atoms with E-state index in [0.29, 0.717) is 19.7 Å². The molecule has 0 radical (unpaired) electrons. The van der Waals surface area contributed by atoms with Gasteiger partial charge in [-0.1, -0.05) is 0 Å². The van der Waals surface area contributed by atoms with Crippen LogP contribution in [0.3, 0.4) is 0 Å². The Morgan fingerprint density at radius 1 is 1.22 bits per heavy atom. The second-order valence-electron chi connectivity index (χ2n) is 7.25. The van der Waals surface area contributed by atoms with Gasteiger partial charge in [0.05, 0.1) is 12.7 Å². The number of thioether (sulfide) groups is 1. The summed E-state index contributed by atoms with van der Waals surface area (Å²) >= 11 is 1.83. The number of ether oxygens (including phenoxy) is 1. The van der Waals surface area contributed by atoms with Gasteiger partial charge in [-0.2, -0.15) is 17.5 Å². The summed E-state index contributed by atoms with van der Waals surface area (Å²) in [6.07, 6.45) is 2.48. The van der Waals surface area contributed by atoms with E-state index in [0.717, 1.165) is 17.7 Å². The molecule has 0 amide bonds. The van der Waals surface area contributed by atoms with Gasteiger partial charge in [0.25, 0.3) is 0 Å². The van der Waals surface area contributed by atoms with E-state index in [1.54, 1.807) is 35.0 Å². The van der Waals surface area contributed by atoms with Crippen LogP contribution < -0.4 is 0 Å². The lowest BCUT2D eigenvalue weighted by Crippen LogP contribution is -2.60. The Balaban J connectivity index is 0.000000360. The summed E-state index contributed by atoms with van der Waals surface area (Å²) in [5.41, 5.74) is 1.11. The van der Waals surface area contributed by atoms with Crippen LogP contribution in [-0.4, -0.2) is 69.6 Å². The van der Waals surface area contributed by atoms with Crippen molar-refractivity contribution in [2.75, 3.05) is 18.8 Å². The molecule has 0 bridgehead atoms. The molecule has 0 aliphatic carbocycles. The molecule has 32 heavy (non-hydrogen) atoms. The van der Waals surface area contributed by atoms with Gasteiger partial charge in [-0.15, -0.1) is 11.8 Å². The van der Waals surface area contributed by atoms with Crippen molar-refractivity contribution in [2.45, 2.75) is 35.0 Å². The number of aliphatic carboxylic acids is 1. The first kappa shape index (κ1) is 24.4. The summed E-state index contributed by atoms with van der Waals surface area (Å²) in [7, 11) is -3.43. The van der Waals surface area contributed by atoms with E-state index < -0.39 is 22.2 Å². The lowest BCUT2D eigenvalue weighted by atomic mass is 9.95. The molecule has 2 fully saturated rings. The van der Waals surface area contributed by atoms with Gasteiger partial charge in [-0.05, 0) is 36.2 Å². The highest BCUT2D eigenvalue weighted by atomic mass is 32.2. The van der Waals surface area contributed by atoms with Gasteiger partial charge in [-0.25, -0.2) is 13.2 Å². The Bertz CT molecular complexity index is 1020. The van der Waals surface area contributed by atoms with Crippen LogP contribution in [-0.2, 0) is 26.2 Å². The second kappa shape index (κ2) is 9.73. The maximum Gasteiger partial charge on any atom is 0.490 e. The zero-order valence-corrected chi connectivity index (χ0v) is 18.2. The SMILES string of the molecule is O=C(O)C(F)(F)F.O=S(=O)(c1cccnc1)N1CC2(CC(OCc3ccncc3)CS2)C1. The molecule has 1 atom stereocenters. The van der Waals surface area contributed by atoms with Gasteiger partial charge in [0.1, 0.15) is 4.90 Å². The van der Waals surface area contributed by atoms with Crippen molar-refractivity contribution in [3.63, 3.8) is 0 Å². The molecule has 2 aromatic heterocycles. The molecule has 4 heterocycles. The molecule has 2 aromatic rings. The number of halogens is 3. The number of aromatic nitrogens is 2. The van der Waals surface area contributed by atoms with E-state index in [1.165, 1.54) is 6.20 Å². The second-order valence-corrected chi connectivity index (χ2v) is 10.7. The highest BCUT2D eigenvalue weighted by molar-refractivity contribution is 8.01. The van der Waals surface area contributed by atoms with Crippen molar-refractivity contribution in [1.82, 2.24) is 14.3 Å². The highest BCUT2D eigenvalue weighted by Crippen LogP contribution is 2.47. The summed E-state index contributed by atoms with van der Waals surface area (Å²) in [6, 6.07) is 7.14. The lowest BCUT2D eigenvalue weighted by molar-refractivity contribution is -0.192. The normalized spacial score (nSPS) is 20.3. The third kappa shape index (κ3) is 5.97. The minimum Gasteiger partial charge on any atom is -0.475 e. The first-order valence-corrected chi connectivity index (χ1v) is 11.8. The van der Waals surface area contributed by atoms with E-state index in [-0.39, 0.29) is 15.7 Å². The number of sulfonamides is 1. The van der Waals surface area contributed by atoms with Gasteiger partial charge < -0.3 is 9.84 Å². The number of alkyl halides is 3. The van der Waals surface area contributed by atoms with Crippen molar-refractivity contribution >= 4 is 27.8 Å². The van der Waals surface area contributed by atoms with Crippen LogP contribution in [0.1, 0.15) is 12.0 Å². The highest BCUT2D eigenvalue weighted by Gasteiger charge is 2.53. The standard InChI is InChI=1S/C17H19N3O3S2.C2HF3O2/c21-25(22,16-2-1-5-19-9-16)20-12-17(13-20)8-15(11-24-17)23-10-14-3-6-18-7-4-14;3-2(4,5)1(6)7/h1-7,9,15H,8,10-13H2;(H,6,7). The first-order valence-electron chi connectivity index (χ1n) is 9.37. The predicted molar refractivity (Wildman–Crippen MR) is 109 cm³/mol. The van der Waals surface area contributed by atoms with Gasteiger partial charge in [0.2, 0.25) is 10.0 Å². The number of hydrogen-bond donors (Lipinski definition) is 1. The molecule has 2 aliphatic heterocycles. The van der Waals surface area contributed by atoms with Crippen LogP contribution in [0.4, 0.5) is 13.2 Å². The molecule has 1 spiro atoms.